The summed E-state index contributed by atoms with van der Waals surface area (Å²) in [6.07, 6.45) is 6.33. The highest BCUT2D eigenvalue weighted by Gasteiger charge is 2.18. The van der Waals surface area contributed by atoms with Crippen LogP contribution in [0.25, 0.3) is 0 Å². The Kier molecular flexibility index (Phi) is 6.74. The number of amides is 1. The van der Waals surface area contributed by atoms with Crippen molar-refractivity contribution < 1.29 is 4.79 Å². The topological polar surface area (TPSA) is 32.3 Å². The van der Waals surface area contributed by atoms with Crippen molar-refractivity contribution in [3.05, 3.63) is 30.3 Å². The summed E-state index contributed by atoms with van der Waals surface area (Å²) in [6, 6.07) is 10.1. The predicted octanol–water partition coefficient (Wildman–Crippen LogP) is 3.60. The van der Waals surface area contributed by atoms with Gasteiger partial charge in [0.25, 0.3) is 0 Å². The number of carbonyl (C=O) groups excluding carboxylic acids is 1. The zero-order valence-corrected chi connectivity index (χ0v) is 13.2. The lowest BCUT2D eigenvalue weighted by Gasteiger charge is -2.26. The fourth-order valence-corrected chi connectivity index (χ4v) is 2.95. The van der Waals surface area contributed by atoms with Crippen LogP contribution in [-0.2, 0) is 4.79 Å². The third kappa shape index (κ3) is 5.16. The Bertz CT molecular complexity index is 412. The van der Waals surface area contributed by atoms with Crippen LogP contribution in [0, 0.1) is 5.92 Å². The minimum absolute atomic E-state index is 0.285. The molecule has 1 amide bonds. The molecule has 1 aliphatic rings. The van der Waals surface area contributed by atoms with Gasteiger partial charge in [0.1, 0.15) is 0 Å². The average molecular weight is 288 g/mol. The van der Waals surface area contributed by atoms with Crippen LogP contribution in [0.3, 0.4) is 0 Å². The molecular weight excluding hydrogens is 260 g/mol. The maximum Gasteiger partial charge on any atom is 0.226 e. The highest BCUT2D eigenvalue weighted by molar-refractivity contribution is 5.93. The van der Waals surface area contributed by atoms with Crippen molar-refractivity contribution in [2.45, 2.75) is 45.4 Å². The SMILES string of the molecule is CCCCN(C(=O)CCC1CCNCC1)c1ccccc1. The van der Waals surface area contributed by atoms with Crippen molar-refractivity contribution in [3.63, 3.8) is 0 Å². The zero-order valence-electron chi connectivity index (χ0n) is 13.2. The molecule has 1 N–H and O–H groups in total. The second-order valence-electron chi connectivity index (χ2n) is 5.97. The first kappa shape index (κ1) is 16.0. The summed E-state index contributed by atoms with van der Waals surface area (Å²) in [7, 11) is 0. The van der Waals surface area contributed by atoms with Crippen LogP contribution < -0.4 is 10.2 Å². The molecule has 0 bridgehead atoms. The summed E-state index contributed by atoms with van der Waals surface area (Å²) in [5, 5.41) is 3.38. The Morgan fingerprint density at radius 1 is 1.24 bits per heavy atom. The molecule has 3 nitrogen and oxygen atoms in total. The summed E-state index contributed by atoms with van der Waals surface area (Å²) in [4.78, 5) is 14.6. The standard InChI is InChI=1S/C18H28N2O/c1-2-3-15-20(17-7-5-4-6-8-17)18(21)10-9-16-11-13-19-14-12-16/h4-8,16,19H,2-3,9-15H2,1H3. The van der Waals surface area contributed by atoms with Gasteiger partial charge >= 0.3 is 0 Å². The first-order valence-electron chi connectivity index (χ1n) is 8.37. The number of hydrogen-bond acceptors (Lipinski definition) is 2. The molecule has 21 heavy (non-hydrogen) atoms. The smallest absolute Gasteiger partial charge is 0.226 e. The van der Waals surface area contributed by atoms with E-state index in [1.807, 2.05) is 35.2 Å². The third-order valence-corrected chi connectivity index (χ3v) is 4.33. The van der Waals surface area contributed by atoms with Crippen molar-refractivity contribution in [1.29, 1.82) is 0 Å². The Morgan fingerprint density at radius 2 is 1.95 bits per heavy atom. The largest absolute Gasteiger partial charge is 0.317 e. The van der Waals surface area contributed by atoms with Gasteiger partial charge in [0.05, 0.1) is 0 Å². The molecule has 0 unspecified atom stereocenters. The first-order valence-corrected chi connectivity index (χ1v) is 8.37. The maximum absolute atomic E-state index is 12.6. The van der Waals surface area contributed by atoms with E-state index in [0.717, 1.165) is 50.5 Å². The minimum Gasteiger partial charge on any atom is -0.317 e. The van der Waals surface area contributed by atoms with Crippen molar-refractivity contribution in [2.24, 2.45) is 5.92 Å². The average Bonchev–Trinajstić information content (AvgIpc) is 2.55. The van der Waals surface area contributed by atoms with Gasteiger partial charge in [-0.25, -0.2) is 0 Å². The fourth-order valence-electron chi connectivity index (χ4n) is 2.95. The molecule has 2 rings (SSSR count). The quantitative estimate of drug-likeness (QED) is 0.831. The summed E-state index contributed by atoms with van der Waals surface area (Å²) in [5.41, 5.74) is 1.04. The van der Waals surface area contributed by atoms with Crippen LogP contribution in [-0.4, -0.2) is 25.5 Å². The molecule has 0 atom stereocenters. The zero-order chi connectivity index (χ0) is 14.9. The lowest BCUT2D eigenvalue weighted by atomic mass is 9.93. The van der Waals surface area contributed by atoms with E-state index < -0.39 is 0 Å². The summed E-state index contributed by atoms with van der Waals surface area (Å²) >= 11 is 0. The number of carbonyl (C=O) groups is 1. The van der Waals surface area contributed by atoms with Gasteiger partial charge in [-0.1, -0.05) is 31.5 Å². The summed E-state index contributed by atoms with van der Waals surface area (Å²) < 4.78 is 0. The van der Waals surface area contributed by atoms with E-state index in [1.165, 1.54) is 12.8 Å². The molecule has 0 radical (unpaired) electrons. The van der Waals surface area contributed by atoms with Gasteiger partial charge in [0.2, 0.25) is 5.91 Å². The number of anilines is 1. The van der Waals surface area contributed by atoms with Gasteiger partial charge < -0.3 is 10.2 Å². The van der Waals surface area contributed by atoms with Crippen LogP contribution in [0.4, 0.5) is 5.69 Å². The Labute approximate surface area is 128 Å². The van der Waals surface area contributed by atoms with Gasteiger partial charge in [-0.05, 0) is 56.8 Å². The number of nitrogens with one attached hydrogen (secondary N) is 1. The molecule has 0 saturated carbocycles. The van der Waals surface area contributed by atoms with Crippen LogP contribution in [0.5, 0.6) is 0 Å². The van der Waals surface area contributed by atoms with Gasteiger partial charge in [0.15, 0.2) is 0 Å². The minimum atomic E-state index is 0.285. The molecule has 0 aromatic heterocycles. The Morgan fingerprint density at radius 3 is 2.62 bits per heavy atom. The van der Waals surface area contributed by atoms with E-state index in [2.05, 4.69) is 12.2 Å². The molecule has 1 heterocycles. The highest BCUT2D eigenvalue weighted by atomic mass is 16.2. The molecule has 1 aliphatic heterocycles. The highest BCUT2D eigenvalue weighted by Crippen LogP contribution is 2.21. The van der Waals surface area contributed by atoms with E-state index in [0.29, 0.717) is 6.42 Å². The van der Waals surface area contributed by atoms with Crippen LogP contribution in [0.2, 0.25) is 0 Å². The summed E-state index contributed by atoms with van der Waals surface area (Å²) in [5.74, 6) is 1.01. The molecule has 1 aromatic carbocycles. The van der Waals surface area contributed by atoms with Gasteiger partial charge in [0, 0.05) is 18.7 Å². The Balaban J connectivity index is 1.90. The van der Waals surface area contributed by atoms with Gasteiger partial charge in [-0.2, -0.15) is 0 Å². The lowest BCUT2D eigenvalue weighted by molar-refractivity contribution is -0.119. The summed E-state index contributed by atoms with van der Waals surface area (Å²) in [6.45, 7) is 5.22. The molecule has 3 heteroatoms. The first-order chi connectivity index (χ1) is 10.3. The van der Waals surface area contributed by atoms with Gasteiger partial charge in [-0.15, -0.1) is 0 Å². The van der Waals surface area contributed by atoms with Gasteiger partial charge in [-0.3, -0.25) is 4.79 Å². The van der Waals surface area contributed by atoms with Crippen molar-refractivity contribution in [1.82, 2.24) is 5.32 Å². The normalized spacial score (nSPS) is 15.9. The Hall–Kier alpha value is -1.35. The van der Waals surface area contributed by atoms with Crippen LogP contribution in [0.15, 0.2) is 30.3 Å². The molecule has 116 valence electrons. The van der Waals surface area contributed by atoms with Crippen LogP contribution in [0.1, 0.15) is 45.4 Å². The van der Waals surface area contributed by atoms with E-state index in [9.17, 15) is 4.79 Å². The number of nitrogens with zero attached hydrogens (tertiary/aromatic N) is 1. The number of para-hydroxylation sites is 1. The van der Waals surface area contributed by atoms with E-state index in [1.54, 1.807) is 0 Å². The number of rotatable bonds is 7. The number of hydrogen-bond donors (Lipinski definition) is 1. The predicted molar refractivity (Wildman–Crippen MR) is 88.5 cm³/mol. The molecule has 1 aromatic rings. The fraction of sp³-hybridized carbons (Fsp3) is 0.611. The number of piperidine rings is 1. The maximum atomic E-state index is 12.6. The lowest BCUT2D eigenvalue weighted by Crippen LogP contribution is -2.33. The molecule has 1 fully saturated rings. The molecule has 1 saturated heterocycles. The molecule has 0 aliphatic carbocycles. The van der Waals surface area contributed by atoms with Crippen molar-refractivity contribution in [2.75, 3.05) is 24.5 Å². The van der Waals surface area contributed by atoms with E-state index in [4.69, 9.17) is 0 Å². The molecular formula is C18H28N2O. The van der Waals surface area contributed by atoms with Crippen LogP contribution >= 0.6 is 0 Å². The molecule has 0 spiro atoms. The van der Waals surface area contributed by atoms with E-state index >= 15 is 0 Å². The monoisotopic (exact) mass is 288 g/mol. The van der Waals surface area contributed by atoms with E-state index in [-0.39, 0.29) is 5.91 Å². The van der Waals surface area contributed by atoms with Crippen molar-refractivity contribution in [3.8, 4) is 0 Å². The number of benzene rings is 1. The van der Waals surface area contributed by atoms with Crippen molar-refractivity contribution >= 4 is 11.6 Å². The number of unbranched alkanes of at least 4 members (excludes halogenated alkanes) is 1. The second-order valence-corrected chi connectivity index (χ2v) is 5.97. The second kappa shape index (κ2) is 8.83. The third-order valence-electron chi connectivity index (χ3n) is 4.33.